The molecule has 2 amide bonds. The number of rotatable bonds is 6. The van der Waals surface area contributed by atoms with E-state index in [1.165, 1.54) is 0 Å². The minimum absolute atomic E-state index is 0.230. The van der Waals surface area contributed by atoms with E-state index >= 15 is 0 Å². The van der Waals surface area contributed by atoms with Gasteiger partial charge in [0.2, 0.25) is 0 Å². The largest absolute Gasteiger partial charge is 0.363 e. The Kier molecular flexibility index (Phi) is 5.35. The highest BCUT2D eigenvalue weighted by molar-refractivity contribution is 5.89. The fourth-order valence-corrected chi connectivity index (χ4v) is 1.96. The molecule has 0 aromatic carbocycles. The Labute approximate surface area is 130 Å². The van der Waals surface area contributed by atoms with Crippen LogP contribution in [-0.4, -0.2) is 41.4 Å². The molecule has 118 valence electrons. The van der Waals surface area contributed by atoms with Crippen molar-refractivity contribution >= 4 is 17.5 Å². The molecule has 0 aliphatic rings. The molecule has 0 radical (unpaired) electrons. The Morgan fingerprint density at radius 3 is 2.82 bits per heavy atom. The summed E-state index contributed by atoms with van der Waals surface area (Å²) in [5, 5.41) is 9.77. The lowest BCUT2D eigenvalue weighted by molar-refractivity contribution is 0.249. The van der Waals surface area contributed by atoms with Gasteiger partial charge in [0.25, 0.3) is 0 Å². The summed E-state index contributed by atoms with van der Waals surface area (Å²) in [7, 11) is 3.84. The second-order valence-corrected chi connectivity index (χ2v) is 5.47. The third kappa shape index (κ3) is 4.76. The Morgan fingerprint density at radius 2 is 2.23 bits per heavy atom. The first-order chi connectivity index (χ1) is 10.5. The van der Waals surface area contributed by atoms with E-state index in [1.54, 1.807) is 12.4 Å². The van der Waals surface area contributed by atoms with Gasteiger partial charge in [-0.05, 0) is 24.1 Å². The standard InChI is InChI=1S/C15H22N6O/c1-12(11-21-8-4-7-18-21)9-17-15(22)19-13-5-6-14(16-10-13)20(2)3/h4-8,10,12H,9,11H2,1-3H3,(H2,17,19,22). The summed E-state index contributed by atoms with van der Waals surface area (Å²) >= 11 is 0. The normalized spacial score (nSPS) is 11.8. The molecule has 2 N–H and O–H groups in total. The first-order valence-corrected chi connectivity index (χ1v) is 7.20. The molecule has 0 fully saturated rings. The van der Waals surface area contributed by atoms with Gasteiger partial charge >= 0.3 is 6.03 Å². The van der Waals surface area contributed by atoms with Crippen molar-refractivity contribution in [3.05, 3.63) is 36.8 Å². The van der Waals surface area contributed by atoms with Crippen molar-refractivity contribution in [1.82, 2.24) is 20.1 Å². The number of amides is 2. The molecule has 0 aliphatic heterocycles. The molecule has 0 saturated heterocycles. The van der Waals surface area contributed by atoms with Gasteiger partial charge in [-0.2, -0.15) is 5.10 Å². The number of pyridine rings is 1. The molecule has 2 heterocycles. The molecular formula is C15H22N6O. The van der Waals surface area contributed by atoms with Crippen molar-refractivity contribution in [1.29, 1.82) is 0 Å². The van der Waals surface area contributed by atoms with Gasteiger partial charge in [0, 0.05) is 39.6 Å². The van der Waals surface area contributed by atoms with Crippen molar-refractivity contribution in [2.45, 2.75) is 13.5 Å². The van der Waals surface area contributed by atoms with Gasteiger partial charge in [-0.25, -0.2) is 9.78 Å². The quantitative estimate of drug-likeness (QED) is 0.853. The number of urea groups is 1. The molecule has 0 saturated carbocycles. The van der Waals surface area contributed by atoms with E-state index < -0.39 is 0 Å². The number of nitrogens with one attached hydrogen (secondary N) is 2. The molecule has 7 heteroatoms. The minimum Gasteiger partial charge on any atom is -0.363 e. The van der Waals surface area contributed by atoms with E-state index in [0.717, 1.165) is 12.4 Å². The maximum absolute atomic E-state index is 11.9. The lowest BCUT2D eigenvalue weighted by Crippen LogP contribution is -2.33. The van der Waals surface area contributed by atoms with E-state index in [1.807, 2.05) is 48.1 Å². The highest BCUT2D eigenvalue weighted by atomic mass is 16.2. The number of carbonyl (C=O) groups is 1. The Balaban J connectivity index is 1.75. The van der Waals surface area contributed by atoms with E-state index in [0.29, 0.717) is 18.2 Å². The fourth-order valence-electron chi connectivity index (χ4n) is 1.96. The van der Waals surface area contributed by atoms with Crippen LogP contribution in [0.3, 0.4) is 0 Å². The summed E-state index contributed by atoms with van der Waals surface area (Å²) in [6.07, 6.45) is 5.30. The van der Waals surface area contributed by atoms with Crippen LogP contribution in [0.5, 0.6) is 0 Å². The molecular weight excluding hydrogens is 280 g/mol. The van der Waals surface area contributed by atoms with E-state index in [9.17, 15) is 4.79 Å². The van der Waals surface area contributed by atoms with Crippen LogP contribution in [0.25, 0.3) is 0 Å². The molecule has 7 nitrogen and oxygen atoms in total. The average molecular weight is 302 g/mol. The van der Waals surface area contributed by atoms with Crippen molar-refractivity contribution in [2.75, 3.05) is 30.9 Å². The van der Waals surface area contributed by atoms with Crippen molar-refractivity contribution in [3.63, 3.8) is 0 Å². The fraction of sp³-hybridized carbons (Fsp3) is 0.400. The van der Waals surface area contributed by atoms with Crippen LogP contribution in [0.1, 0.15) is 6.92 Å². The number of carbonyl (C=O) groups excluding carboxylic acids is 1. The summed E-state index contributed by atoms with van der Waals surface area (Å²) in [5.74, 6) is 1.14. The van der Waals surface area contributed by atoms with Crippen molar-refractivity contribution in [3.8, 4) is 0 Å². The molecule has 2 rings (SSSR count). The Bertz CT molecular complexity index is 579. The van der Waals surface area contributed by atoms with Crippen LogP contribution < -0.4 is 15.5 Å². The van der Waals surface area contributed by atoms with E-state index in [-0.39, 0.29) is 6.03 Å². The lowest BCUT2D eigenvalue weighted by atomic mass is 10.2. The highest BCUT2D eigenvalue weighted by Crippen LogP contribution is 2.11. The van der Waals surface area contributed by atoms with Gasteiger partial charge in [0.05, 0.1) is 11.9 Å². The zero-order valence-corrected chi connectivity index (χ0v) is 13.2. The molecule has 2 aromatic heterocycles. The number of anilines is 2. The van der Waals surface area contributed by atoms with Crippen LogP contribution in [0, 0.1) is 5.92 Å². The second kappa shape index (κ2) is 7.44. The van der Waals surface area contributed by atoms with Gasteiger partial charge in [0.1, 0.15) is 5.82 Å². The first-order valence-electron chi connectivity index (χ1n) is 7.20. The van der Waals surface area contributed by atoms with Gasteiger partial charge in [0.15, 0.2) is 0 Å². The van der Waals surface area contributed by atoms with Crippen LogP contribution in [-0.2, 0) is 6.54 Å². The number of hydrogen-bond acceptors (Lipinski definition) is 4. The number of aromatic nitrogens is 3. The average Bonchev–Trinajstić information content (AvgIpc) is 2.98. The number of nitrogens with zero attached hydrogens (tertiary/aromatic N) is 4. The zero-order valence-electron chi connectivity index (χ0n) is 13.2. The van der Waals surface area contributed by atoms with Gasteiger partial charge in [-0.3, -0.25) is 4.68 Å². The molecule has 0 bridgehead atoms. The minimum atomic E-state index is -0.230. The van der Waals surface area contributed by atoms with Gasteiger partial charge in [-0.15, -0.1) is 0 Å². The third-order valence-electron chi connectivity index (χ3n) is 3.13. The van der Waals surface area contributed by atoms with E-state index in [2.05, 4.69) is 27.6 Å². The van der Waals surface area contributed by atoms with Gasteiger partial charge < -0.3 is 15.5 Å². The highest BCUT2D eigenvalue weighted by Gasteiger charge is 2.07. The smallest absolute Gasteiger partial charge is 0.319 e. The summed E-state index contributed by atoms with van der Waals surface area (Å²) in [6.45, 7) is 3.41. The SMILES string of the molecule is CC(CNC(=O)Nc1ccc(N(C)C)nc1)Cn1cccn1. The van der Waals surface area contributed by atoms with Crippen molar-refractivity contribution < 1.29 is 4.79 Å². The molecule has 1 unspecified atom stereocenters. The third-order valence-corrected chi connectivity index (χ3v) is 3.13. The molecule has 1 atom stereocenters. The molecule has 2 aromatic rings. The predicted octanol–water partition coefficient (Wildman–Crippen LogP) is 1.80. The van der Waals surface area contributed by atoms with E-state index in [4.69, 9.17) is 0 Å². The zero-order chi connectivity index (χ0) is 15.9. The van der Waals surface area contributed by atoms with Gasteiger partial charge in [-0.1, -0.05) is 6.92 Å². The lowest BCUT2D eigenvalue weighted by Gasteiger charge is -2.14. The summed E-state index contributed by atoms with van der Waals surface area (Å²) in [5.41, 5.74) is 0.669. The maximum atomic E-state index is 11.9. The summed E-state index contributed by atoms with van der Waals surface area (Å²) in [6, 6.07) is 5.34. The van der Waals surface area contributed by atoms with Crippen LogP contribution in [0.15, 0.2) is 36.8 Å². The van der Waals surface area contributed by atoms with Crippen molar-refractivity contribution in [2.24, 2.45) is 5.92 Å². The Morgan fingerprint density at radius 1 is 1.41 bits per heavy atom. The van der Waals surface area contributed by atoms with Crippen LogP contribution in [0.2, 0.25) is 0 Å². The molecule has 22 heavy (non-hydrogen) atoms. The Hall–Kier alpha value is -2.57. The molecule has 0 spiro atoms. The monoisotopic (exact) mass is 302 g/mol. The topological polar surface area (TPSA) is 75.1 Å². The van der Waals surface area contributed by atoms with Crippen LogP contribution >= 0.6 is 0 Å². The molecule has 0 aliphatic carbocycles. The van der Waals surface area contributed by atoms with Crippen LogP contribution in [0.4, 0.5) is 16.3 Å². The predicted molar refractivity (Wildman–Crippen MR) is 87.0 cm³/mol. The summed E-state index contributed by atoms with van der Waals surface area (Å²) in [4.78, 5) is 18.0. The maximum Gasteiger partial charge on any atom is 0.319 e. The summed E-state index contributed by atoms with van der Waals surface area (Å²) < 4.78 is 1.86. The number of hydrogen-bond donors (Lipinski definition) is 2. The first kappa shape index (κ1) is 15.8. The second-order valence-electron chi connectivity index (χ2n) is 5.47.